The van der Waals surface area contributed by atoms with Crippen LogP contribution < -0.4 is 14.9 Å². The molecule has 0 spiro atoms. The summed E-state index contributed by atoms with van der Waals surface area (Å²) in [6.07, 6.45) is 1.66. The predicted molar refractivity (Wildman–Crippen MR) is 103 cm³/mol. The number of ether oxygens (including phenoxy) is 2. The van der Waals surface area contributed by atoms with E-state index in [4.69, 9.17) is 21.7 Å². The second-order valence-corrected chi connectivity index (χ2v) is 7.26. The van der Waals surface area contributed by atoms with Crippen LogP contribution in [0.4, 0.5) is 0 Å². The average Bonchev–Trinajstić information content (AvgIpc) is 3.22. The Hall–Kier alpha value is -3.04. The topological polar surface area (TPSA) is 88.1 Å². The highest BCUT2D eigenvalue weighted by Crippen LogP contribution is 2.36. The van der Waals surface area contributed by atoms with Gasteiger partial charge in [-0.15, -0.1) is 0 Å². The van der Waals surface area contributed by atoms with Crippen molar-refractivity contribution < 1.29 is 24.2 Å². The lowest BCUT2D eigenvalue weighted by Crippen LogP contribution is -2.44. The molecule has 2 aromatic rings. The maximum absolute atomic E-state index is 12.6. The van der Waals surface area contributed by atoms with Crippen LogP contribution in [0.1, 0.15) is 15.9 Å². The lowest BCUT2D eigenvalue weighted by atomic mass is 10.2. The summed E-state index contributed by atoms with van der Waals surface area (Å²) in [5, 5.41) is 10.8. The van der Waals surface area contributed by atoms with Gasteiger partial charge in [0.2, 0.25) is 6.79 Å². The zero-order valence-electron chi connectivity index (χ0n) is 13.7. The Morgan fingerprint density at radius 1 is 1.22 bits per heavy atom. The summed E-state index contributed by atoms with van der Waals surface area (Å²) < 4.78 is 10.8. The Morgan fingerprint density at radius 3 is 2.81 bits per heavy atom. The van der Waals surface area contributed by atoms with Crippen molar-refractivity contribution in [1.82, 2.24) is 10.4 Å². The standard InChI is InChI=1S/C18H12N2O5S2/c21-12-4-2-1-3-11(12)16(22)19-20-17(23)15(27-18(20)26)8-10-5-6-13-14(7-10)25-9-24-13/h1-8,21H,9H2,(H,19,22)/b15-8-. The minimum atomic E-state index is -0.631. The number of fused-ring (bicyclic) bond motifs is 1. The molecule has 0 saturated carbocycles. The number of phenolic OH excluding ortho intramolecular Hbond substituents is 1. The molecule has 2 aliphatic heterocycles. The van der Waals surface area contributed by atoms with E-state index in [2.05, 4.69) is 5.43 Å². The van der Waals surface area contributed by atoms with Crippen LogP contribution in [-0.4, -0.2) is 33.0 Å². The number of rotatable bonds is 3. The van der Waals surface area contributed by atoms with Gasteiger partial charge in [0, 0.05) is 0 Å². The van der Waals surface area contributed by atoms with Crippen LogP contribution in [0.15, 0.2) is 47.4 Å². The summed E-state index contributed by atoms with van der Waals surface area (Å²) in [5.41, 5.74) is 3.22. The molecular weight excluding hydrogens is 388 g/mol. The Kier molecular flexibility index (Phi) is 4.46. The number of para-hydroxylation sites is 1. The highest BCUT2D eigenvalue weighted by Gasteiger charge is 2.34. The SMILES string of the molecule is O=C(NN1C(=O)/C(=C/c2ccc3c(c2)OCO3)SC1=S)c1ccccc1O. The third kappa shape index (κ3) is 3.34. The molecule has 0 atom stereocenters. The molecule has 2 N–H and O–H groups in total. The Labute approximate surface area is 163 Å². The molecule has 0 radical (unpaired) electrons. The van der Waals surface area contributed by atoms with Crippen molar-refractivity contribution in [1.29, 1.82) is 0 Å². The number of carbonyl (C=O) groups excluding carboxylic acids is 2. The van der Waals surface area contributed by atoms with Gasteiger partial charge in [0.15, 0.2) is 15.8 Å². The molecule has 1 fully saturated rings. The second-order valence-electron chi connectivity index (χ2n) is 5.59. The van der Waals surface area contributed by atoms with E-state index < -0.39 is 11.8 Å². The fraction of sp³-hybridized carbons (Fsp3) is 0.0556. The van der Waals surface area contributed by atoms with Crippen LogP contribution in [0.5, 0.6) is 17.2 Å². The van der Waals surface area contributed by atoms with Gasteiger partial charge < -0.3 is 14.6 Å². The largest absolute Gasteiger partial charge is 0.507 e. The maximum atomic E-state index is 12.6. The normalized spacial score (nSPS) is 16.9. The second kappa shape index (κ2) is 6.93. The Balaban J connectivity index is 1.53. The lowest BCUT2D eigenvalue weighted by Gasteiger charge is -2.16. The molecule has 136 valence electrons. The molecular formula is C18H12N2O5S2. The number of hydrazine groups is 1. The molecule has 0 unspecified atom stereocenters. The van der Waals surface area contributed by atoms with Gasteiger partial charge in [-0.25, -0.2) is 0 Å². The van der Waals surface area contributed by atoms with E-state index in [1.54, 1.807) is 36.4 Å². The fourth-order valence-corrected chi connectivity index (χ4v) is 3.73. The molecule has 2 aromatic carbocycles. The van der Waals surface area contributed by atoms with Crippen LogP contribution in [0, 0.1) is 0 Å². The number of aromatic hydroxyl groups is 1. The highest BCUT2D eigenvalue weighted by molar-refractivity contribution is 8.26. The van der Waals surface area contributed by atoms with E-state index in [1.165, 1.54) is 12.1 Å². The number of phenols is 1. The number of thioether (sulfide) groups is 1. The van der Waals surface area contributed by atoms with E-state index in [9.17, 15) is 14.7 Å². The van der Waals surface area contributed by atoms with Gasteiger partial charge >= 0.3 is 0 Å². The number of amides is 2. The summed E-state index contributed by atoms with van der Waals surface area (Å²) in [5.74, 6) is -0.0155. The van der Waals surface area contributed by atoms with E-state index >= 15 is 0 Å². The van der Waals surface area contributed by atoms with Gasteiger partial charge in [-0.3, -0.25) is 15.0 Å². The fourth-order valence-electron chi connectivity index (χ4n) is 2.55. The van der Waals surface area contributed by atoms with Crippen molar-refractivity contribution in [2.75, 3.05) is 6.79 Å². The number of hydrogen-bond donors (Lipinski definition) is 2. The van der Waals surface area contributed by atoms with Crippen LogP contribution in [0.3, 0.4) is 0 Å². The number of benzene rings is 2. The molecule has 2 aliphatic rings. The molecule has 2 heterocycles. The van der Waals surface area contributed by atoms with Gasteiger partial charge in [0.1, 0.15) is 5.75 Å². The quantitative estimate of drug-likeness (QED) is 0.605. The first-order valence-electron chi connectivity index (χ1n) is 7.79. The molecule has 0 aromatic heterocycles. The van der Waals surface area contributed by atoms with Crippen LogP contribution in [-0.2, 0) is 4.79 Å². The first-order valence-corrected chi connectivity index (χ1v) is 9.02. The van der Waals surface area contributed by atoms with E-state index in [0.717, 1.165) is 22.3 Å². The zero-order valence-corrected chi connectivity index (χ0v) is 15.3. The van der Waals surface area contributed by atoms with Crippen LogP contribution >= 0.6 is 24.0 Å². The number of carbonyl (C=O) groups is 2. The third-order valence-electron chi connectivity index (χ3n) is 3.85. The number of thiocarbonyl (C=S) groups is 1. The summed E-state index contributed by atoms with van der Waals surface area (Å²) in [6.45, 7) is 0.166. The van der Waals surface area contributed by atoms with Crippen molar-refractivity contribution in [3.05, 3.63) is 58.5 Å². The molecule has 2 amide bonds. The first kappa shape index (κ1) is 17.4. The molecule has 1 saturated heterocycles. The van der Waals surface area contributed by atoms with Crippen molar-refractivity contribution in [2.24, 2.45) is 0 Å². The van der Waals surface area contributed by atoms with Gasteiger partial charge in [0.25, 0.3) is 11.8 Å². The Morgan fingerprint density at radius 2 is 2.00 bits per heavy atom. The molecule has 27 heavy (non-hydrogen) atoms. The van der Waals surface area contributed by atoms with Crippen molar-refractivity contribution in [3.8, 4) is 17.2 Å². The van der Waals surface area contributed by atoms with Gasteiger partial charge in [-0.2, -0.15) is 5.01 Å². The molecule has 4 rings (SSSR count). The van der Waals surface area contributed by atoms with Gasteiger partial charge in [-0.1, -0.05) is 30.0 Å². The maximum Gasteiger partial charge on any atom is 0.285 e. The number of nitrogens with zero attached hydrogens (tertiary/aromatic N) is 1. The minimum Gasteiger partial charge on any atom is -0.507 e. The molecule has 7 nitrogen and oxygen atoms in total. The zero-order chi connectivity index (χ0) is 19.0. The van der Waals surface area contributed by atoms with E-state index in [-0.39, 0.29) is 22.4 Å². The first-order chi connectivity index (χ1) is 13.0. The van der Waals surface area contributed by atoms with Crippen molar-refractivity contribution in [2.45, 2.75) is 0 Å². The third-order valence-corrected chi connectivity index (χ3v) is 5.15. The molecule has 0 bridgehead atoms. The summed E-state index contributed by atoms with van der Waals surface area (Å²) in [7, 11) is 0. The van der Waals surface area contributed by atoms with Crippen LogP contribution in [0.2, 0.25) is 0 Å². The summed E-state index contributed by atoms with van der Waals surface area (Å²) in [4.78, 5) is 25.3. The Bertz CT molecular complexity index is 1000. The molecule has 0 aliphatic carbocycles. The van der Waals surface area contributed by atoms with Gasteiger partial charge in [0.05, 0.1) is 10.5 Å². The molecule has 9 heteroatoms. The summed E-state index contributed by atoms with van der Waals surface area (Å²) in [6, 6.07) is 11.4. The number of nitrogens with one attached hydrogen (secondary N) is 1. The number of hydrogen-bond acceptors (Lipinski definition) is 7. The van der Waals surface area contributed by atoms with Crippen molar-refractivity contribution >= 4 is 46.2 Å². The highest BCUT2D eigenvalue weighted by atomic mass is 32.2. The lowest BCUT2D eigenvalue weighted by molar-refractivity contribution is -0.123. The van der Waals surface area contributed by atoms with Crippen LogP contribution in [0.25, 0.3) is 6.08 Å². The van der Waals surface area contributed by atoms with E-state index in [1.807, 2.05) is 0 Å². The summed E-state index contributed by atoms with van der Waals surface area (Å²) >= 11 is 6.27. The monoisotopic (exact) mass is 400 g/mol. The van der Waals surface area contributed by atoms with Gasteiger partial charge in [-0.05, 0) is 48.1 Å². The average molecular weight is 400 g/mol. The minimum absolute atomic E-state index is 0.0475. The smallest absolute Gasteiger partial charge is 0.285 e. The van der Waals surface area contributed by atoms with E-state index in [0.29, 0.717) is 16.4 Å². The van der Waals surface area contributed by atoms with Crippen molar-refractivity contribution in [3.63, 3.8) is 0 Å². The predicted octanol–water partition coefficient (Wildman–Crippen LogP) is 2.67.